The monoisotopic (exact) mass is 210 g/mol. The summed E-state index contributed by atoms with van der Waals surface area (Å²) in [5.41, 5.74) is 0.558. The zero-order valence-corrected chi connectivity index (χ0v) is 8.56. The van der Waals surface area contributed by atoms with Crippen molar-refractivity contribution in [1.82, 2.24) is 9.88 Å². The van der Waals surface area contributed by atoms with E-state index in [1.54, 1.807) is 16.7 Å². The highest BCUT2D eigenvalue weighted by Crippen LogP contribution is 2.01. The lowest BCUT2D eigenvalue weighted by atomic mass is 10.3. The third kappa shape index (κ3) is 3.12. The lowest BCUT2D eigenvalue weighted by Gasteiger charge is -2.06. The number of hydrogen-bond acceptors (Lipinski definition) is 2. The Bertz CT molecular complexity index is 357. The van der Waals surface area contributed by atoms with Crippen LogP contribution >= 0.6 is 0 Å². The Balaban J connectivity index is 2.50. The van der Waals surface area contributed by atoms with Gasteiger partial charge in [0.15, 0.2) is 0 Å². The molecule has 0 aliphatic rings. The Labute approximate surface area is 87.7 Å². The van der Waals surface area contributed by atoms with Crippen LogP contribution in [0.15, 0.2) is 18.3 Å². The summed E-state index contributed by atoms with van der Waals surface area (Å²) >= 11 is 0. The Morgan fingerprint density at radius 2 is 2.27 bits per heavy atom. The summed E-state index contributed by atoms with van der Waals surface area (Å²) in [4.78, 5) is 21.8. The predicted molar refractivity (Wildman–Crippen MR) is 54.7 cm³/mol. The van der Waals surface area contributed by atoms with Gasteiger partial charge in [0, 0.05) is 19.3 Å². The molecule has 15 heavy (non-hydrogen) atoms. The maximum absolute atomic E-state index is 11.5. The van der Waals surface area contributed by atoms with Gasteiger partial charge in [-0.3, -0.25) is 9.59 Å². The van der Waals surface area contributed by atoms with E-state index in [0.717, 1.165) is 0 Å². The molecule has 1 aromatic heterocycles. The molecule has 82 valence electrons. The number of carbonyl (C=O) groups excluding carboxylic acids is 1. The molecule has 5 nitrogen and oxygen atoms in total. The van der Waals surface area contributed by atoms with Crippen molar-refractivity contribution < 1.29 is 14.7 Å². The minimum Gasteiger partial charge on any atom is -0.481 e. The summed E-state index contributed by atoms with van der Waals surface area (Å²) in [7, 11) is 0. The molecule has 0 aliphatic heterocycles. The van der Waals surface area contributed by atoms with E-state index in [9.17, 15) is 9.59 Å². The van der Waals surface area contributed by atoms with Gasteiger partial charge in [0.25, 0.3) is 5.91 Å². The highest BCUT2D eigenvalue weighted by molar-refractivity contribution is 5.92. The number of carboxylic acids is 1. The van der Waals surface area contributed by atoms with Crippen LogP contribution in [-0.2, 0) is 11.3 Å². The summed E-state index contributed by atoms with van der Waals surface area (Å²) < 4.78 is 1.80. The topological polar surface area (TPSA) is 71.3 Å². The van der Waals surface area contributed by atoms with Crippen molar-refractivity contribution in [3.05, 3.63) is 24.0 Å². The van der Waals surface area contributed by atoms with E-state index in [1.807, 2.05) is 13.1 Å². The standard InChI is InChI=1S/C10H14N2O3/c1-2-12-7-3-4-8(12)10(15)11-6-5-9(13)14/h3-4,7H,2,5-6H2,1H3,(H,11,15)(H,13,14). The van der Waals surface area contributed by atoms with Crippen LogP contribution in [0.4, 0.5) is 0 Å². The number of carboxylic acid groups (broad SMARTS) is 1. The highest BCUT2D eigenvalue weighted by Gasteiger charge is 2.09. The van der Waals surface area contributed by atoms with Gasteiger partial charge in [-0.25, -0.2) is 0 Å². The molecular weight excluding hydrogens is 196 g/mol. The maximum Gasteiger partial charge on any atom is 0.305 e. The molecule has 0 radical (unpaired) electrons. The van der Waals surface area contributed by atoms with Gasteiger partial charge in [-0.15, -0.1) is 0 Å². The number of aryl methyl sites for hydroxylation is 1. The molecule has 0 bridgehead atoms. The SMILES string of the molecule is CCn1cccc1C(=O)NCCC(=O)O. The van der Waals surface area contributed by atoms with Crippen molar-refractivity contribution in [3.8, 4) is 0 Å². The van der Waals surface area contributed by atoms with E-state index in [2.05, 4.69) is 5.32 Å². The highest BCUT2D eigenvalue weighted by atomic mass is 16.4. The molecule has 0 fully saturated rings. The van der Waals surface area contributed by atoms with Crippen molar-refractivity contribution in [2.75, 3.05) is 6.54 Å². The molecule has 1 rings (SSSR count). The van der Waals surface area contributed by atoms with Gasteiger partial charge in [-0.1, -0.05) is 0 Å². The largest absolute Gasteiger partial charge is 0.481 e. The Kier molecular flexibility index (Phi) is 3.91. The van der Waals surface area contributed by atoms with Gasteiger partial charge in [0.05, 0.1) is 6.42 Å². The first kappa shape index (κ1) is 11.3. The zero-order valence-electron chi connectivity index (χ0n) is 8.56. The number of rotatable bonds is 5. The van der Waals surface area contributed by atoms with Gasteiger partial charge < -0.3 is 15.0 Å². The minimum absolute atomic E-state index is 0.0570. The van der Waals surface area contributed by atoms with Gasteiger partial charge >= 0.3 is 5.97 Å². The second-order valence-electron chi connectivity index (χ2n) is 3.08. The summed E-state index contributed by atoms with van der Waals surface area (Å²) in [6.07, 6.45) is 1.75. The molecule has 0 aromatic carbocycles. The Morgan fingerprint density at radius 1 is 1.53 bits per heavy atom. The van der Waals surface area contributed by atoms with Crippen LogP contribution in [0, 0.1) is 0 Å². The lowest BCUT2D eigenvalue weighted by Crippen LogP contribution is -2.27. The first-order chi connectivity index (χ1) is 7.15. The second kappa shape index (κ2) is 5.19. The molecule has 0 spiro atoms. The third-order valence-electron chi connectivity index (χ3n) is 2.03. The number of nitrogens with zero attached hydrogens (tertiary/aromatic N) is 1. The molecule has 0 atom stereocenters. The number of amides is 1. The van der Waals surface area contributed by atoms with Crippen LogP contribution < -0.4 is 5.32 Å². The normalized spacial score (nSPS) is 9.93. The molecule has 5 heteroatoms. The molecule has 0 saturated carbocycles. The van der Waals surface area contributed by atoms with E-state index >= 15 is 0 Å². The number of nitrogens with one attached hydrogen (secondary N) is 1. The molecule has 1 amide bonds. The average Bonchev–Trinajstić information content (AvgIpc) is 2.64. The zero-order chi connectivity index (χ0) is 11.3. The molecule has 0 aliphatic carbocycles. The third-order valence-corrected chi connectivity index (χ3v) is 2.03. The van der Waals surface area contributed by atoms with E-state index in [4.69, 9.17) is 5.11 Å². The molecule has 0 unspecified atom stereocenters. The first-order valence-electron chi connectivity index (χ1n) is 4.80. The van der Waals surface area contributed by atoms with Gasteiger partial charge in [-0.05, 0) is 19.1 Å². The number of aliphatic carboxylic acids is 1. The molecular formula is C10H14N2O3. The summed E-state index contributed by atoms with van der Waals surface area (Å²) in [6, 6.07) is 3.50. The van der Waals surface area contributed by atoms with Crippen LogP contribution in [-0.4, -0.2) is 28.1 Å². The summed E-state index contributed by atoms with van der Waals surface area (Å²) in [6.45, 7) is 2.81. The Hall–Kier alpha value is -1.78. The van der Waals surface area contributed by atoms with E-state index < -0.39 is 5.97 Å². The first-order valence-corrected chi connectivity index (χ1v) is 4.80. The molecule has 1 heterocycles. The van der Waals surface area contributed by atoms with E-state index in [1.165, 1.54) is 0 Å². The van der Waals surface area contributed by atoms with Gasteiger partial charge in [-0.2, -0.15) is 0 Å². The van der Waals surface area contributed by atoms with Gasteiger partial charge in [0.1, 0.15) is 5.69 Å². The fourth-order valence-electron chi connectivity index (χ4n) is 1.27. The van der Waals surface area contributed by atoms with Crippen molar-refractivity contribution in [2.24, 2.45) is 0 Å². The maximum atomic E-state index is 11.5. The number of hydrogen-bond donors (Lipinski definition) is 2. The fourth-order valence-corrected chi connectivity index (χ4v) is 1.27. The summed E-state index contributed by atoms with van der Waals surface area (Å²) in [5, 5.41) is 11.0. The average molecular weight is 210 g/mol. The van der Waals surface area contributed by atoms with E-state index in [0.29, 0.717) is 12.2 Å². The van der Waals surface area contributed by atoms with Crippen molar-refractivity contribution >= 4 is 11.9 Å². The van der Waals surface area contributed by atoms with E-state index in [-0.39, 0.29) is 18.9 Å². The molecule has 2 N–H and O–H groups in total. The van der Waals surface area contributed by atoms with Crippen molar-refractivity contribution in [2.45, 2.75) is 19.9 Å². The predicted octanol–water partition coefficient (Wildman–Crippen LogP) is 0.712. The van der Waals surface area contributed by atoms with Gasteiger partial charge in [0.2, 0.25) is 0 Å². The number of carbonyl (C=O) groups is 2. The van der Waals surface area contributed by atoms with Crippen molar-refractivity contribution in [3.63, 3.8) is 0 Å². The smallest absolute Gasteiger partial charge is 0.305 e. The van der Waals surface area contributed by atoms with Crippen LogP contribution in [0.2, 0.25) is 0 Å². The summed E-state index contributed by atoms with van der Waals surface area (Å²) in [5.74, 6) is -1.15. The second-order valence-corrected chi connectivity index (χ2v) is 3.08. The van der Waals surface area contributed by atoms with Crippen LogP contribution in [0.5, 0.6) is 0 Å². The van der Waals surface area contributed by atoms with Crippen molar-refractivity contribution in [1.29, 1.82) is 0 Å². The molecule has 1 aromatic rings. The minimum atomic E-state index is -0.916. The van der Waals surface area contributed by atoms with Crippen LogP contribution in [0.25, 0.3) is 0 Å². The quantitative estimate of drug-likeness (QED) is 0.752. The number of aromatic nitrogens is 1. The lowest BCUT2D eigenvalue weighted by molar-refractivity contribution is -0.136. The van der Waals surface area contributed by atoms with Crippen LogP contribution in [0.3, 0.4) is 0 Å². The fraction of sp³-hybridized carbons (Fsp3) is 0.400. The molecule has 0 saturated heterocycles. The Morgan fingerprint density at radius 3 is 2.87 bits per heavy atom. The van der Waals surface area contributed by atoms with Crippen LogP contribution in [0.1, 0.15) is 23.8 Å².